The molecule has 2 saturated heterocycles. The summed E-state index contributed by atoms with van der Waals surface area (Å²) >= 11 is 5.96. The highest BCUT2D eigenvalue weighted by Crippen LogP contribution is 2.23. The molecule has 18 heavy (non-hydrogen) atoms. The molecule has 0 aromatic carbocycles. The smallest absolute Gasteiger partial charge is 0.222 e. The molecule has 2 aliphatic rings. The minimum absolute atomic E-state index is 0.320. The lowest BCUT2D eigenvalue weighted by Gasteiger charge is -2.37. The summed E-state index contributed by atoms with van der Waals surface area (Å²) in [4.78, 5) is 20.3. The van der Waals surface area contributed by atoms with Crippen LogP contribution in [0.15, 0.2) is 18.3 Å². The molecule has 0 N–H and O–H groups in total. The molecule has 4 nitrogen and oxygen atoms in total. The maximum atomic E-state index is 11.6. The fourth-order valence-electron chi connectivity index (χ4n) is 2.84. The van der Waals surface area contributed by atoms with E-state index in [1.165, 1.54) is 0 Å². The van der Waals surface area contributed by atoms with Gasteiger partial charge in [0.1, 0.15) is 0 Å². The average Bonchev–Trinajstić information content (AvgIpc) is 2.71. The van der Waals surface area contributed by atoms with Crippen molar-refractivity contribution in [2.24, 2.45) is 0 Å². The van der Waals surface area contributed by atoms with Crippen LogP contribution in [-0.2, 0) is 11.3 Å². The van der Waals surface area contributed by atoms with Crippen LogP contribution in [0.4, 0.5) is 0 Å². The van der Waals surface area contributed by atoms with Gasteiger partial charge in [-0.05, 0) is 18.6 Å². The van der Waals surface area contributed by atoms with Crippen LogP contribution in [0.25, 0.3) is 0 Å². The van der Waals surface area contributed by atoms with Crippen molar-refractivity contribution in [3.63, 3.8) is 0 Å². The predicted molar refractivity (Wildman–Crippen MR) is 69.3 cm³/mol. The Bertz CT molecular complexity index is 465. The van der Waals surface area contributed by atoms with Gasteiger partial charge in [0.2, 0.25) is 5.91 Å². The van der Waals surface area contributed by atoms with Crippen LogP contribution in [0, 0.1) is 0 Å². The molecule has 0 saturated carbocycles. The lowest BCUT2D eigenvalue weighted by atomic mass is 10.1. The van der Waals surface area contributed by atoms with E-state index in [4.69, 9.17) is 11.6 Å². The normalized spacial score (nSPS) is 24.4. The van der Waals surface area contributed by atoms with Crippen LogP contribution < -0.4 is 0 Å². The summed E-state index contributed by atoms with van der Waals surface area (Å²) in [6.45, 7) is 3.56. The van der Waals surface area contributed by atoms with Crippen molar-refractivity contribution in [2.45, 2.75) is 25.4 Å². The van der Waals surface area contributed by atoms with Gasteiger partial charge in [-0.25, -0.2) is 0 Å². The Hall–Kier alpha value is -1.13. The molecule has 0 aliphatic carbocycles. The number of amides is 1. The molecule has 1 unspecified atom stereocenters. The van der Waals surface area contributed by atoms with E-state index in [0.29, 0.717) is 18.4 Å². The molecule has 1 atom stereocenters. The first-order chi connectivity index (χ1) is 8.72. The Morgan fingerprint density at radius 3 is 3.17 bits per heavy atom. The molecular formula is C13H16ClN3O. The summed E-state index contributed by atoms with van der Waals surface area (Å²) in [5.41, 5.74) is 1.00. The number of nitrogens with zero attached hydrogens (tertiary/aromatic N) is 3. The fraction of sp³-hybridized carbons (Fsp3) is 0.538. The van der Waals surface area contributed by atoms with E-state index in [1.54, 1.807) is 12.3 Å². The van der Waals surface area contributed by atoms with Gasteiger partial charge in [-0.15, -0.1) is 0 Å². The largest absolute Gasteiger partial charge is 0.337 e. The Balaban J connectivity index is 1.64. The number of halogens is 1. The highest BCUT2D eigenvalue weighted by molar-refractivity contribution is 6.30. The van der Waals surface area contributed by atoms with Crippen molar-refractivity contribution < 1.29 is 4.79 Å². The summed E-state index contributed by atoms with van der Waals surface area (Å²) in [7, 11) is 0. The Morgan fingerprint density at radius 1 is 1.44 bits per heavy atom. The molecule has 5 heteroatoms. The van der Waals surface area contributed by atoms with Crippen molar-refractivity contribution in [2.75, 3.05) is 19.6 Å². The van der Waals surface area contributed by atoms with Crippen LogP contribution in [0.3, 0.4) is 0 Å². The third-order valence-corrected chi connectivity index (χ3v) is 3.98. The van der Waals surface area contributed by atoms with Crippen molar-refractivity contribution in [3.8, 4) is 0 Å². The number of hydrogen-bond acceptors (Lipinski definition) is 3. The number of carbonyl (C=O) groups excluding carboxylic acids is 1. The quantitative estimate of drug-likeness (QED) is 0.814. The van der Waals surface area contributed by atoms with Crippen LogP contribution >= 0.6 is 11.6 Å². The monoisotopic (exact) mass is 265 g/mol. The van der Waals surface area contributed by atoms with Gasteiger partial charge >= 0.3 is 0 Å². The van der Waals surface area contributed by atoms with E-state index in [9.17, 15) is 4.79 Å². The molecule has 0 bridgehead atoms. The standard InChI is InChI=1S/C13H16ClN3O/c14-10-3-4-15-11(7-10)8-16-5-6-17-12(9-16)1-2-13(17)18/h3-4,7,12H,1-2,5-6,8-9H2. The number of pyridine rings is 1. The first-order valence-corrected chi connectivity index (χ1v) is 6.72. The minimum Gasteiger partial charge on any atom is -0.337 e. The predicted octanol–water partition coefficient (Wildman–Crippen LogP) is 1.54. The molecule has 0 spiro atoms. The third-order valence-electron chi connectivity index (χ3n) is 3.74. The van der Waals surface area contributed by atoms with E-state index in [-0.39, 0.29) is 0 Å². The van der Waals surface area contributed by atoms with Gasteiger partial charge in [-0.1, -0.05) is 11.6 Å². The van der Waals surface area contributed by atoms with Crippen LogP contribution in [-0.4, -0.2) is 46.4 Å². The SMILES string of the molecule is O=C1CCC2CN(Cc3cc(Cl)ccn3)CCN12. The van der Waals surface area contributed by atoms with Crippen LogP contribution in [0.1, 0.15) is 18.5 Å². The summed E-state index contributed by atoms with van der Waals surface area (Å²) in [6, 6.07) is 4.11. The second-order valence-electron chi connectivity index (χ2n) is 4.98. The second kappa shape index (κ2) is 4.86. The molecule has 0 radical (unpaired) electrons. The van der Waals surface area contributed by atoms with Crippen molar-refractivity contribution in [1.82, 2.24) is 14.8 Å². The first kappa shape index (κ1) is 11.9. The molecule has 3 heterocycles. The molecular weight excluding hydrogens is 250 g/mol. The van der Waals surface area contributed by atoms with E-state index in [2.05, 4.69) is 9.88 Å². The Labute approximate surface area is 112 Å². The van der Waals surface area contributed by atoms with Gasteiger partial charge in [-0.3, -0.25) is 14.7 Å². The van der Waals surface area contributed by atoms with Gasteiger partial charge in [0.05, 0.1) is 5.69 Å². The zero-order chi connectivity index (χ0) is 12.5. The Kier molecular flexibility index (Phi) is 3.22. The van der Waals surface area contributed by atoms with Gasteiger partial charge in [0.25, 0.3) is 0 Å². The molecule has 2 fully saturated rings. The van der Waals surface area contributed by atoms with Crippen LogP contribution in [0.5, 0.6) is 0 Å². The number of fused-ring (bicyclic) bond motifs is 1. The topological polar surface area (TPSA) is 36.4 Å². The minimum atomic E-state index is 0.320. The van der Waals surface area contributed by atoms with E-state index in [1.807, 2.05) is 11.0 Å². The lowest BCUT2D eigenvalue weighted by molar-refractivity contribution is -0.130. The van der Waals surface area contributed by atoms with Crippen molar-refractivity contribution in [3.05, 3.63) is 29.0 Å². The summed E-state index contributed by atoms with van der Waals surface area (Å²) in [5, 5.41) is 0.731. The number of hydrogen-bond donors (Lipinski definition) is 0. The number of aromatic nitrogens is 1. The molecule has 96 valence electrons. The van der Waals surface area contributed by atoms with Gasteiger partial charge in [-0.2, -0.15) is 0 Å². The third kappa shape index (κ3) is 2.35. The molecule has 3 rings (SSSR count). The van der Waals surface area contributed by atoms with Crippen molar-refractivity contribution in [1.29, 1.82) is 0 Å². The number of rotatable bonds is 2. The zero-order valence-corrected chi connectivity index (χ0v) is 10.9. The van der Waals surface area contributed by atoms with E-state index < -0.39 is 0 Å². The average molecular weight is 266 g/mol. The second-order valence-corrected chi connectivity index (χ2v) is 5.42. The molecule has 1 aromatic heterocycles. The molecule has 1 amide bonds. The van der Waals surface area contributed by atoms with Gasteiger partial charge < -0.3 is 4.90 Å². The summed E-state index contributed by atoms with van der Waals surface area (Å²) < 4.78 is 0. The Morgan fingerprint density at radius 2 is 2.33 bits per heavy atom. The number of carbonyl (C=O) groups is 1. The number of piperazine rings is 1. The molecule has 1 aromatic rings. The van der Waals surface area contributed by atoms with Crippen LogP contribution in [0.2, 0.25) is 5.02 Å². The fourth-order valence-corrected chi connectivity index (χ4v) is 3.02. The maximum Gasteiger partial charge on any atom is 0.222 e. The zero-order valence-electron chi connectivity index (χ0n) is 10.2. The van der Waals surface area contributed by atoms with E-state index in [0.717, 1.165) is 43.3 Å². The molecule has 2 aliphatic heterocycles. The highest BCUT2D eigenvalue weighted by atomic mass is 35.5. The summed E-state index contributed by atoms with van der Waals surface area (Å²) in [5.74, 6) is 0.320. The van der Waals surface area contributed by atoms with Gasteiger partial charge in [0.15, 0.2) is 0 Å². The maximum absolute atomic E-state index is 11.6. The lowest BCUT2D eigenvalue weighted by Crippen LogP contribution is -2.51. The van der Waals surface area contributed by atoms with E-state index >= 15 is 0 Å². The highest BCUT2D eigenvalue weighted by Gasteiger charge is 2.35. The first-order valence-electron chi connectivity index (χ1n) is 6.34. The van der Waals surface area contributed by atoms with Gasteiger partial charge in [0, 0.05) is 49.9 Å². The van der Waals surface area contributed by atoms with Crippen molar-refractivity contribution >= 4 is 17.5 Å². The summed E-state index contributed by atoms with van der Waals surface area (Å²) in [6.07, 6.45) is 3.46.